The minimum absolute atomic E-state index is 0.123. The van der Waals surface area contributed by atoms with Crippen molar-refractivity contribution in [2.24, 2.45) is 0 Å². The average molecular weight is 400 g/mol. The molecule has 0 spiro atoms. The number of rotatable bonds is 7. The Labute approximate surface area is 165 Å². The van der Waals surface area contributed by atoms with Crippen LogP contribution >= 0.6 is 11.3 Å². The van der Waals surface area contributed by atoms with E-state index in [0.29, 0.717) is 41.0 Å². The second kappa shape index (κ2) is 8.35. The number of aryl methyl sites for hydroxylation is 1. The van der Waals surface area contributed by atoms with Crippen molar-refractivity contribution in [3.05, 3.63) is 62.5 Å². The number of carboxylic acids is 1. The second-order valence-electron chi connectivity index (χ2n) is 6.37. The number of carbonyl (C=O) groups excluding carboxylic acids is 1. The maximum Gasteiger partial charge on any atom is 0.346 e. The summed E-state index contributed by atoms with van der Waals surface area (Å²) in [6, 6.07) is 9.61. The van der Waals surface area contributed by atoms with Crippen molar-refractivity contribution in [3.8, 4) is 0 Å². The molecule has 0 saturated heterocycles. The van der Waals surface area contributed by atoms with Crippen LogP contribution in [-0.4, -0.2) is 33.7 Å². The van der Waals surface area contributed by atoms with Gasteiger partial charge in [-0.25, -0.2) is 9.78 Å². The zero-order chi connectivity index (χ0) is 20.3. The first kappa shape index (κ1) is 19.8. The summed E-state index contributed by atoms with van der Waals surface area (Å²) < 4.78 is 6.20. The molecule has 0 aliphatic heterocycles. The molecule has 0 aliphatic carbocycles. The van der Waals surface area contributed by atoms with Crippen molar-refractivity contribution >= 4 is 33.5 Å². The molecule has 7 nitrogen and oxygen atoms in total. The zero-order valence-corrected chi connectivity index (χ0v) is 16.4. The van der Waals surface area contributed by atoms with Gasteiger partial charge in [0.2, 0.25) is 0 Å². The Morgan fingerprint density at radius 3 is 2.61 bits per heavy atom. The number of esters is 1. The molecule has 0 bridgehead atoms. The van der Waals surface area contributed by atoms with Crippen LogP contribution in [0.2, 0.25) is 0 Å². The Morgan fingerprint density at radius 2 is 1.96 bits per heavy atom. The van der Waals surface area contributed by atoms with Gasteiger partial charge in [0.05, 0.1) is 12.5 Å². The molecular formula is C20H20N2O5S. The maximum absolute atomic E-state index is 13.2. The summed E-state index contributed by atoms with van der Waals surface area (Å²) in [4.78, 5) is 41.2. The Bertz CT molecular complexity index is 1090. The molecule has 28 heavy (non-hydrogen) atoms. The number of hydrogen-bond acceptors (Lipinski definition) is 6. The number of carbonyl (C=O) groups is 2. The smallest absolute Gasteiger partial charge is 0.346 e. The lowest BCUT2D eigenvalue weighted by Crippen LogP contribution is -2.26. The van der Waals surface area contributed by atoms with Crippen molar-refractivity contribution in [1.82, 2.24) is 9.55 Å². The summed E-state index contributed by atoms with van der Waals surface area (Å²) in [5.74, 6) is -0.861. The Balaban J connectivity index is 2.09. The lowest BCUT2D eigenvalue weighted by Gasteiger charge is -2.12. The van der Waals surface area contributed by atoms with Gasteiger partial charge in [-0.05, 0) is 24.5 Å². The molecule has 8 heteroatoms. The van der Waals surface area contributed by atoms with Gasteiger partial charge in [0.1, 0.15) is 15.5 Å². The molecule has 3 aromatic rings. The van der Waals surface area contributed by atoms with Crippen LogP contribution in [0.4, 0.5) is 0 Å². The largest absolute Gasteiger partial charge is 0.477 e. The molecule has 0 saturated carbocycles. The van der Waals surface area contributed by atoms with E-state index in [0.717, 1.165) is 16.9 Å². The number of aromatic nitrogens is 2. The SMILES string of the molecule is COC(=O)CCCn1c(Cc2ccccc2)nc2sc(C(=O)O)c(C)c2c1=O. The van der Waals surface area contributed by atoms with Crippen LogP contribution in [-0.2, 0) is 22.5 Å². The van der Waals surface area contributed by atoms with Crippen LogP contribution in [0.3, 0.4) is 0 Å². The van der Waals surface area contributed by atoms with Gasteiger partial charge in [-0.3, -0.25) is 14.2 Å². The van der Waals surface area contributed by atoms with Crippen LogP contribution < -0.4 is 5.56 Å². The number of ether oxygens (including phenoxy) is 1. The molecule has 0 radical (unpaired) electrons. The highest BCUT2D eigenvalue weighted by atomic mass is 32.1. The number of aromatic carboxylic acids is 1. The highest BCUT2D eigenvalue weighted by Gasteiger charge is 2.21. The van der Waals surface area contributed by atoms with Crippen molar-refractivity contribution in [1.29, 1.82) is 0 Å². The summed E-state index contributed by atoms with van der Waals surface area (Å²) >= 11 is 1.01. The fourth-order valence-corrected chi connectivity index (χ4v) is 4.12. The first-order valence-corrected chi connectivity index (χ1v) is 9.61. The van der Waals surface area contributed by atoms with Gasteiger partial charge < -0.3 is 9.84 Å². The average Bonchev–Trinajstić information content (AvgIpc) is 3.01. The molecule has 146 valence electrons. The quantitative estimate of drug-likeness (QED) is 0.612. The number of nitrogens with zero attached hydrogens (tertiary/aromatic N) is 2. The van der Waals surface area contributed by atoms with E-state index in [1.54, 1.807) is 11.5 Å². The number of benzene rings is 1. The number of thiophene rings is 1. The van der Waals surface area contributed by atoms with E-state index in [1.165, 1.54) is 7.11 Å². The molecule has 3 rings (SSSR count). The van der Waals surface area contributed by atoms with Gasteiger partial charge >= 0.3 is 11.9 Å². The topological polar surface area (TPSA) is 98.5 Å². The third kappa shape index (κ3) is 3.96. The summed E-state index contributed by atoms with van der Waals surface area (Å²) in [5, 5.41) is 9.71. The second-order valence-corrected chi connectivity index (χ2v) is 7.37. The predicted octanol–water partition coefficient (Wildman–Crippen LogP) is 3.01. The number of hydrogen-bond donors (Lipinski definition) is 1. The standard InChI is InChI=1S/C20H20N2O5S/c1-12-16-18(28-17(12)20(25)26)21-14(11-13-7-4-3-5-8-13)22(19(16)24)10-6-9-15(23)27-2/h3-5,7-8H,6,9-11H2,1-2H3,(H,25,26). The van der Waals surface area contributed by atoms with Crippen LogP contribution in [0.5, 0.6) is 0 Å². The molecule has 0 atom stereocenters. The van der Waals surface area contributed by atoms with E-state index < -0.39 is 5.97 Å². The monoisotopic (exact) mass is 400 g/mol. The zero-order valence-electron chi connectivity index (χ0n) is 15.6. The van der Waals surface area contributed by atoms with E-state index in [4.69, 9.17) is 0 Å². The minimum Gasteiger partial charge on any atom is -0.477 e. The van der Waals surface area contributed by atoms with E-state index in [1.807, 2.05) is 30.3 Å². The highest BCUT2D eigenvalue weighted by molar-refractivity contribution is 7.20. The first-order chi connectivity index (χ1) is 13.4. The molecule has 2 aromatic heterocycles. The van der Waals surface area contributed by atoms with Crippen molar-refractivity contribution in [2.45, 2.75) is 32.7 Å². The summed E-state index contributed by atoms with van der Waals surface area (Å²) in [6.45, 7) is 1.93. The lowest BCUT2D eigenvalue weighted by molar-refractivity contribution is -0.140. The van der Waals surface area contributed by atoms with Gasteiger partial charge in [0, 0.05) is 19.4 Å². The predicted molar refractivity (Wildman–Crippen MR) is 106 cm³/mol. The third-order valence-corrected chi connectivity index (χ3v) is 5.69. The normalized spacial score (nSPS) is 10.9. The number of fused-ring (bicyclic) bond motifs is 1. The molecule has 0 amide bonds. The van der Waals surface area contributed by atoms with Crippen LogP contribution in [0.25, 0.3) is 10.2 Å². The lowest BCUT2D eigenvalue weighted by atomic mass is 10.1. The van der Waals surface area contributed by atoms with Crippen molar-refractivity contribution in [3.63, 3.8) is 0 Å². The fraction of sp³-hybridized carbons (Fsp3) is 0.300. The van der Waals surface area contributed by atoms with Crippen molar-refractivity contribution in [2.75, 3.05) is 7.11 Å². The molecule has 0 aliphatic rings. The van der Waals surface area contributed by atoms with E-state index in [9.17, 15) is 19.5 Å². The highest BCUT2D eigenvalue weighted by Crippen LogP contribution is 2.27. The molecule has 1 N–H and O–H groups in total. The maximum atomic E-state index is 13.2. The molecule has 1 aromatic carbocycles. The van der Waals surface area contributed by atoms with E-state index in [2.05, 4.69) is 9.72 Å². The number of methoxy groups -OCH3 is 1. The fourth-order valence-electron chi connectivity index (χ4n) is 3.09. The van der Waals surface area contributed by atoms with Gasteiger partial charge in [0.25, 0.3) is 5.56 Å². The van der Waals surface area contributed by atoms with E-state index in [-0.39, 0.29) is 22.8 Å². The van der Waals surface area contributed by atoms with Gasteiger partial charge in [-0.1, -0.05) is 30.3 Å². The van der Waals surface area contributed by atoms with Gasteiger partial charge in [-0.15, -0.1) is 11.3 Å². The summed E-state index contributed by atoms with van der Waals surface area (Å²) in [7, 11) is 1.32. The molecule has 0 fully saturated rings. The van der Waals surface area contributed by atoms with E-state index >= 15 is 0 Å². The van der Waals surface area contributed by atoms with Gasteiger partial charge in [-0.2, -0.15) is 0 Å². The van der Waals surface area contributed by atoms with Crippen molar-refractivity contribution < 1.29 is 19.4 Å². The molecular weight excluding hydrogens is 380 g/mol. The molecule has 2 heterocycles. The molecule has 0 unspecified atom stereocenters. The Morgan fingerprint density at radius 1 is 1.25 bits per heavy atom. The Kier molecular flexibility index (Phi) is 5.89. The third-order valence-electron chi connectivity index (χ3n) is 4.52. The minimum atomic E-state index is -1.07. The Hall–Kier alpha value is -3.00. The van der Waals surface area contributed by atoms with Gasteiger partial charge in [0.15, 0.2) is 0 Å². The summed E-state index contributed by atoms with van der Waals surface area (Å²) in [5.41, 5.74) is 1.14. The van der Waals surface area contributed by atoms with Crippen LogP contribution in [0.15, 0.2) is 35.1 Å². The first-order valence-electron chi connectivity index (χ1n) is 8.79. The van der Waals surface area contributed by atoms with Crippen LogP contribution in [0.1, 0.15) is 39.5 Å². The van der Waals surface area contributed by atoms with Crippen LogP contribution in [0, 0.1) is 6.92 Å². The number of carboxylic acid groups (broad SMARTS) is 1. The summed E-state index contributed by atoms with van der Waals surface area (Å²) in [6.07, 6.45) is 1.05.